The first-order valence-electron chi connectivity index (χ1n) is 9.73. The highest BCUT2D eigenvalue weighted by Gasteiger charge is 2.41. The van der Waals surface area contributed by atoms with Crippen LogP contribution in [0.1, 0.15) is 11.4 Å². The van der Waals surface area contributed by atoms with Crippen LogP contribution in [0, 0.1) is 18.6 Å². The van der Waals surface area contributed by atoms with Gasteiger partial charge >= 0.3 is 6.18 Å². The normalized spacial score (nSPS) is 12.1. The van der Waals surface area contributed by atoms with Crippen LogP contribution in [0.2, 0.25) is 0 Å². The van der Waals surface area contributed by atoms with E-state index in [1.165, 1.54) is 14.0 Å². The Labute approximate surface area is 186 Å². The predicted molar refractivity (Wildman–Crippen MR) is 110 cm³/mol. The summed E-state index contributed by atoms with van der Waals surface area (Å²) in [6, 6.07) is 7.47. The van der Waals surface area contributed by atoms with Crippen molar-refractivity contribution < 1.29 is 31.1 Å². The first-order chi connectivity index (χ1) is 16.1. The minimum atomic E-state index is -5.12. The van der Waals surface area contributed by atoms with Crippen LogP contribution in [-0.2, 0) is 6.18 Å². The lowest BCUT2D eigenvalue weighted by Gasteiger charge is -2.09. The molecule has 5 rings (SSSR count). The van der Waals surface area contributed by atoms with Crippen LogP contribution in [0.4, 0.5) is 22.0 Å². The number of hydrogen-bond donors (Lipinski definition) is 1. The molecule has 174 valence electrons. The lowest BCUT2D eigenvalue weighted by atomic mass is 10.0. The van der Waals surface area contributed by atoms with Crippen LogP contribution in [0.5, 0.6) is 5.75 Å². The maximum absolute atomic E-state index is 14.5. The number of aromatic nitrogens is 4. The topological polar surface area (TPSA) is 85.4 Å². The van der Waals surface area contributed by atoms with Crippen LogP contribution < -0.4 is 10.3 Å². The molecule has 0 atom stereocenters. The molecular weight excluding hydrogens is 463 g/mol. The smallest absolute Gasteiger partial charge is 0.435 e. The maximum atomic E-state index is 14.5. The van der Waals surface area contributed by atoms with Gasteiger partial charge in [-0.2, -0.15) is 22.8 Å². The number of methoxy groups -OCH3 is 1. The van der Waals surface area contributed by atoms with Gasteiger partial charge < -0.3 is 14.1 Å². The molecule has 0 aliphatic heterocycles. The first-order valence-corrected chi connectivity index (χ1v) is 9.73. The van der Waals surface area contributed by atoms with Crippen LogP contribution in [-0.4, -0.2) is 26.7 Å². The number of para-hydroxylation sites is 1. The number of alkyl halides is 3. The number of ether oxygens (including phenoxy) is 1. The minimum absolute atomic E-state index is 0.0506. The van der Waals surface area contributed by atoms with E-state index in [1.54, 1.807) is 18.2 Å². The molecule has 7 nitrogen and oxygen atoms in total. The van der Waals surface area contributed by atoms with E-state index in [2.05, 4.69) is 15.1 Å². The summed E-state index contributed by atoms with van der Waals surface area (Å²) in [4.78, 5) is 20.1. The number of hydrogen-bond acceptors (Lipinski definition) is 5. The summed E-state index contributed by atoms with van der Waals surface area (Å²) in [5, 5.41) is 3.38. The summed E-state index contributed by atoms with van der Waals surface area (Å²) < 4.78 is 81.7. The van der Waals surface area contributed by atoms with Gasteiger partial charge in [0.15, 0.2) is 16.8 Å². The Morgan fingerprint density at radius 2 is 1.71 bits per heavy atom. The second kappa shape index (κ2) is 7.40. The molecule has 0 fully saturated rings. The van der Waals surface area contributed by atoms with Crippen LogP contribution >= 0.6 is 0 Å². The fourth-order valence-electron chi connectivity index (χ4n) is 3.81. The number of aryl methyl sites for hydroxylation is 1. The van der Waals surface area contributed by atoms with Crippen molar-refractivity contribution in [3.05, 3.63) is 69.8 Å². The van der Waals surface area contributed by atoms with E-state index in [0.29, 0.717) is 15.8 Å². The molecule has 5 aromatic rings. The van der Waals surface area contributed by atoms with Crippen molar-refractivity contribution in [2.75, 3.05) is 7.11 Å². The molecule has 0 unspecified atom stereocenters. The average molecular weight is 476 g/mol. The van der Waals surface area contributed by atoms with Crippen molar-refractivity contribution in [1.82, 2.24) is 19.6 Å². The van der Waals surface area contributed by atoms with Gasteiger partial charge in [-0.25, -0.2) is 13.8 Å². The van der Waals surface area contributed by atoms with Crippen LogP contribution in [0.25, 0.3) is 39.3 Å². The molecule has 0 spiro atoms. The SMILES string of the molecule is COc1cccc2oc(-c3c(C)[nH]c4c(-c5c(F)cccc5F)c(C(F)(F)F)nn4c3=O)nc12. The number of nitrogens with zero attached hydrogens (tertiary/aromatic N) is 3. The Balaban J connectivity index is 1.86. The quantitative estimate of drug-likeness (QED) is 0.366. The van der Waals surface area contributed by atoms with Crippen molar-refractivity contribution in [3.8, 4) is 28.3 Å². The molecule has 0 radical (unpaired) electrons. The fraction of sp³-hybridized carbons (Fsp3) is 0.136. The summed E-state index contributed by atoms with van der Waals surface area (Å²) in [5.74, 6) is -2.32. The van der Waals surface area contributed by atoms with Gasteiger partial charge in [0.2, 0.25) is 5.89 Å². The first kappa shape index (κ1) is 21.6. The second-order valence-corrected chi connectivity index (χ2v) is 7.33. The van der Waals surface area contributed by atoms with Gasteiger partial charge in [-0.1, -0.05) is 12.1 Å². The zero-order chi connectivity index (χ0) is 24.4. The number of aromatic amines is 1. The largest absolute Gasteiger partial charge is 0.494 e. The van der Waals surface area contributed by atoms with E-state index >= 15 is 0 Å². The molecule has 1 N–H and O–H groups in total. The molecule has 0 bridgehead atoms. The van der Waals surface area contributed by atoms with Gasteiger partial charge in [0, 0.05) is 5.69 Å². The van der Waals surface area contributed by atoms with Crippen molar-refractivity contribution in [2.24, 2.45) is 0 Å². The summed E-state index contributed by atoms with van der Waals surface area (Å²) in [7, 11) is 1.42. The second-order valence-electron chi connectivity index (χ2n) is 7.33. The number of fused-ring (bicyclic) bond motifs is 2. The lowest BCUT2D eigenvalue weighted by Crippen LogP contribution is -2.20. The zero-order valence-corrected chi connectivity index (χ0v) is 17.4. The van der Waals surface area contributed by atoms with Gasteiger partial charge in [-0.15, -0.1) is 0 Å². The predicted octanol–water partition coefficient (Wildman–Crippen LogP) is 5.11. The van der Waals surface area contributed by atoms with Gasteiger partial charge in [0.25, 0.3) is 5.56 Å². The van der Waals surface area contributed by atoms with Gasteiger partial charge in [0.05, 0.1) is 18.2 Å². The third-order valence-corrected chi connectivity index (χ3v) is 5.27. The van der Waals surface area contributed by atoms with Gasteiger partial charge in [-0.05, 0) is 31.2 Å². The van der Waals surface area contributed by atoms with Crippen molar-refractivity contribution in [1.29, 1.82) is 0 Å². The minimum Gasteiger partial charge on any atom is -0.494 e. The molecule has 3 heterocycles. The Kier molecular flexibility index (Phi) is 4.71. The van der Waals surface area contributed by atoms with Crippen LogP contribution in [0.3, 0.4) is 0 Å². The number of oxazole rings is 1. The number of halogens is 5. The molecule has 0 saturated carbocycles. The summed E-state index contributed by atoms with van der Waals surface area (Å²) in [6.07, 6.45) is -5.12. The van der Waals surface area contributed by atoms with E-state index in [9.17, 15) is 26.7 Å². The molecule has 12 heteroatoms. The molecule has 0 saturated heterocycles. The fourth-order valence-corrected chi connectivity index (χ4v) is 3.81. The Hall–Kier alpha value is -4.22. The highest BCUT2D eigenvalue weighted by Crippen LogP contribution is 2.40. The summed E-state index contributed by atoms with van der Waals surface area (Å²) in [6.45, 7) is 1.39. The van der Waals surface area contributed by atoms with E-state index in [4.69, 9.17) is 9.15 Å². The third kappa shape index (κ3) is 3.13. The van der Waals surface area contributed by atoms with E-state index < -0.39 is 45.8 Å². The van der Waals surface area contributed by atoms with Crippen molar-refractivity contribution >= 4 is 16.7 Å². The van der Waals surface area contributed by atoms with E-state index in [-0.39, 0.29) is 22.7 Å². The number of rotatable bonds is 3. The Morgan fingerprint density at radius 3 is 2.35 bits per heavy atom. The number of benzene rings is 2. The zero-order valence-electron chi connectivity index (χ0n) is 17.4. The monoisotopic (exact) mass is 476 g/mol. The van der Waals surface area contributed by atoms with E-state index in [1.807, 2.05) is 0 Å². The molecule has 0 aliphatic rings. The molecule has 34 heavy (non-hydrogen) atoms. The van der Waals surface area contributed by atoms with Crippen molar-refractivity contribution in [3.63, 3.8) is 0 Å². The standard InChI is InChI=1S/C22H13F5N4O3/c1-9-14(20-29-17-12(33-2)7-4-8-13(17)34-20)21(32)31-19(28-9)16(18(30-31)22(25,26)27)15-10(23)5-3-6-11(15)24/h3-8,28H,1-2H3. The van der Waals surface area contributed by atoms with E-state index in [0.717, 1.165) is 18.2 Å². The Bertz CT molecular complexity index is 1630. The average Bonchev–Trinajstić information content (AvgIpc) is 3.35. The Morgan fingerprint density at radius 1 is 1.03 bits per heavy atom. The number of nitrogens with one attached hydrogen (secondary N) is 1. The lowest BCUT2D eigenvalue weighted by molar-refractivity contribution is -0.140. The molecular formula is C22H13F5N4O3. The summed E-state index contributed by atoms with van der Waals surface area (Å²) >= 11 is 0. The van der Waals surface area contributed by atoms with Crippen LogP contribution in [0.15, 0.2) is 45.6 Å². The maximum Gasteiger partial charge on any atom is 0.435 e. The highest BCUT2D eigenvalue weighted by atomic mass is 19.4. The molecule has 0 aliphatic carbocycles. The molecule has 3 aromatic heterocycles. The highest BCUT2D eigenvalue weighted by molar-refractivity contribution is 5.84. The molecule has 0 amide bonds. The summed E-state index contributed by atoms with van der Waals surface area (Å²) in [5.41, 5.74) is -4.64. The van der Waals surface area contributed by atoms with Crippen molar-refractivity contribution in [2.45, 2.75) is 13.1 Å². The third-order valence-electron chi connectivity index (χ3n) is 5.27. The van der Waals surface area contributed by atoms with Gasteiger partial charge in [0.1, 0.15) is 28.6 Å². The molecule has 2 aromatic carbocycles. The van der Waals surface area contributed by atoms with Gasteiger partial charge in [-0.3, -0.25) is 4.79 Å². The number of H-pyrrole nitrogens is 1.